The predicted octanol–water partition coefficient (Wildman–Crippen LogP) is 1.90. The van der Waals surface area contributed by atoms with E-state index in [0.29, 0.717) is 0 Å². The first kappa shape index (κ1) is 9.47. The lowest BCUT2D eigenvalue weighted by molar-refractivity contribution is 0.132. The van der Waals surface area contributed by atoms with Crippen LogP contribution in [0.15, 0.2) is 0 Å². The van der Waals surface area contributed by atoms with Gasteiger partial charge in [0.25, 0.3) is 0 Å². The third-order valence-electron chi connectivity index (χ3n) is 3.86. The van der Waals surface area contributed by atoms with E-state index in [-0.39, 0.29) is 0 Å². The summed E-state index contributed by atoms with van der Waals surface area (Å²) in [7, 11) is 0. The first-order chi connectivity index (χ1) is 6.33. The second-order valence-corrected chi connectivity index (χ2v) is 4.45. The zero-order valence-electron chi connectivity index (χ0n) is 8.83. The molecule has 0 aromatic carbocycles. The zero-order valence-corrected chi connectivity index (χ0v) is 8.83. The number of likely N-dealkylation sites (tertiary alicyclic amines) is 1. The summed E-state index contributed by atoms with van der Waals surface area (Å²) in [5.41, 5.74) is 0. The smallest absolute Gasteiger partial charge is 0.0622 e. The highest BCUT2D eigenvalue weighted by atomic mass is 16.5. The van der Waals surface area contributed by atoms with Crippen molar-refractivity contribution >= 4 is 0 Å². The van der Waals surface area contributed by atoms with Crippen molar-refractivity contribution < 1.29 is 4.74 Å². The van der Waals surface area contributed by atoms with Gasteiger partial charge >= 0.3 is 0 Å². The first-order valence-corrected chi connectivity index (χ1v) is 5.66. The molecule has 76 valence electrons. The second-order valence-electron chi connectivity index (χ2n) is 4.45. The summed E-state index contributed by atoms with van der Waals surface area (Å²) in [6.45, 7) is 7.95. The van der Waals surface area contributed by atoms with Gasteiger partial charge in [0.05, 0.1) is 6.61 Å². The SMILES string of the molecule is CCC1CCN(C2CCOC2)C1C. The summed E-state index contributed by atoms with van der Waals surface area (Å²) in [5.74, 6) is 0.931. The summed E-state index contributed by atoms with van der Waals surface area (Å²) < 4.78 is 5.45. The van der Waals surface area contributed by atoms with E-state index in [1.54, 1.807) is 0 Å². The van der Waals surface area contributed by atoms with Crippen molar-refractivity contribution in [1.82, 2.24) is 4.90 Å². The van der Waals surface area contributed by atoms with Gasteiger partial charge in [0.15, 0.2) is 0 Å². The minimum absolute atomic E-state index is 0.728. The van der Waals surface area contributed by atoms with Gasteiger partial charge in [0.2, 0.25) is 0 Å². The maximum Gasteiger partial charge on any atom is 0.0622 e. The van der Waals surface area contributed by atoms with Crippen molar-refractivity contribution in [1.29, 1.82) is 0 Å². The van der Waals surface area contributed by atoms with E-state index in [4.69, 9.17) is 4.74 Å². The van der Waals surface area contributed by atoms with Crippen molar-refractivity contribution in [3.63, 3.8) is 0 Å². The normalized spacial score (nSPS) is 41.5. The summed E-state index contributed by atoms with van der Waals surface area (Å²) in [6.07, 6.45) is 3.99. The molecule has 2 aliphatic rings. The fraction of sp³-hybridized carbons (Fsp3) is 1.00. The van der Waals surface area contributed by atoms with Crippen LogP contribution in [0, 0.1) is 5.92 Å². The minimum Gasteiger partial charge on any atom is -0.380 e. The molecule has 0 aromatic rings. The average Bonchev–Trinajstić information content (AvgIpc) is 2.72. The minimum atomic E-state index is 0.728. The molecule has 2 saturated heterocycles. The summed E-state index contributed by atoms with van der Waals surface area (Å²) in [4.78, 5) is 2.67. The molecular formula is C11H21NO. The molecule has 13 heavy (non-hydrogen) atoms. The monoisotopic (exact) mass is 183 g/mol. The molecule has 2 heterocycles. The lowest BCUT2D eigenvalue weighted by atomic mass is 9.99. The number of ether oxygens (including phenoxy) is 1. The van der Waals surface area contributed by atoms with Crippen LogP contribution in [0.3, 0.4) is 0 Å². The summed E-state index contributed by atoms with van der Waals surface area (Å²) in [6, 6.07) is 1.52. The van der Waals surface area contributed by atoms with Crippen LogP contribution in [0.5, 0.6) is 0 Å². The maximum absolute atomic E-state index is 5.45. The van der Waals surface area contributed by atoms with Gasteiger partial charge in [-0.15, -0.1) is 0 Å². The van der Waals surface area contributed by atoms with Crippen molar-refractivity contribution in [3.8, 4) is 0 Å². The van der Waals surface area contributed by atoms with Crippen LogP contribution in [0.1, 0.15) is 33.1 Å². The van der Waals surface area contributed by atoms with Crippen LogP contribution >= 0.6 is 0 Å². The van der Waals surface area contributed by atoms with Gasteiger partial charge in [0.1, 0.15) is 0 Å². The van der Waals surface area contributed by atoms with Crippen LogP contribution < -0.4 is 0 Å². The predicted molar refractivity (Wildman–Crippen MR) is 53.8 cm³/mol. The lowest BCUT2D eigenvalue weighted by Gasteiger charge is -2.29. The van der Waals surface area contributed by atoms with Crippen LogP contribution in [0.25, 0.3) is 0 Å². The highest BCUT2D eigenvalue weighted by Gasteiger charge is 2.35. The average molecular weight is 183 g/mol. The molecule has 0 amide bonds. The Balaban J connectivity index is 1.93. The Bertz CT molecular complexity index is 165. The van der Waals surface area contributed by atoms with Gasteiger partial charge in [-0.25, -0.2) is 0 Å². The van der Waals surface area contributed by atoms with E-state index in [1.165, 1.54) is 25.8 Å². The Morgan fingerprint density at radius 2 is 2.23 bits per heavy atom. The molecule has 0 bridgehead atoms. The largest absolute Gasteiger partial charge is 0.380 e. The van der Waals surface area contributed by atoms with Crippen molar-refractivity contribution in [2.75, 3.05) is 19.8 Å². The Morgan fingerprint density at radius 3 is 2.77 bits per heavy atom. The van der Waals surface area contributed by atoms with Gasteiger partial charge in [-0.05, 0) is 32.2 Å². The van der Waals surface area contributed by atoms with E-state index < -0.39 is 0 Å². The van der Waals surface area contributed by atoms with Gasteiger partial charge in [-0.3, -0.25) is 4.90 Å². The van der Waals surface area contributed by atoms with Gasteiger partial charge in [-0.1, -0.05) is 13.3 Å². The van der Waals surface area contributed by atoms with Crippen LogP contribution in [0.2, 0.25) is 0 Å². The molecular weight excluding hydrogens is 162 g/mol. The molecule has 2 fully saturated rings. The van der Waals surface area contributed by atoms with Gasteiger partial charge < -0.3 is 4.74 Å². The molecule has 0 aromatic heterocycles. The fourth-order valence-corrected chi connectivity index (χ4v) is 2.87. The maximum atomic E-state index is 5.45. The highest BCUT2D eigenvalue weighted by Crippen LogP contribution is 2.30. The number of hydrogen-bond acceptors (Lipinski definition) is 2. The Hall–Kier alpha value is -0.0800. The summed E-state index contributed by atoms with van der Waals surface area (Å²) in [5, 5.41) is 0. The van der Waals surface area contributed by atoms with Crippen LogP contribution in [0.4, 0.5) is 0 Å². The topological polar surface area (TPSA) is 12.5 Å². The second kappa shape index (κ2) is 3.97. The molecule has 2 heteroatoms. The molecule has 2 nitrogen and oxygen atoms in total. The van der Waals surface area contributed by atoms with E-state index in [1.807, 2.05) is 0 Å². The van der Waals surface area contributed by atoms with Gasteiger partial charge in [0, 0.05) is 18.7 Å². The quantitative estimate of drug-likeness (QED) is 0.648. The standard InChI is InChI=1S/C11H21NO/c1-3-10-4-6-12(9(10)2)11-5-7-13-8-11/h9-11H,3-8H2,1-2H3. The third-order valence-corrected chi connectivity index (χ3v) is 3.86. The van der Waals surface area contributed by atoms with E-state index in [2.05, 4.69) is 18.7 Å². The first-order valence-electron chi connectivity index (χ1n) is 5.66. The zero-order chi connectivity index (χ0) is 9.26. The molecule has 3 atom stereocenters. The number of rotatable bonds is 2. The highest BCUT2D eigenvalue weighted by molar-refractivity contribution is 4.88. The van der Waals surface area contributed by atoms with Crippen molar-refractivity contribution in [2.45, 2.75) is 45.2 Å². The third kappa shape index (κ3) is 1.75. The molecule has 0 radical (unpaired) electrons. The van der Waals surface area contributed by atoms with Crippen molar-refractivity contribution in [3.05, 3.63) is 0 Å². The van der Waals surface area contributed by atoms with Gasteiger partial charge in [-0.2, -0.15) is 0 Å². The number of hydrogen-bond donors (Lipinski definition) is 0. The van der Waals surface area contributed by atoms with Crippen molar-refractivity contribution in [2.24, 2.45) is 5.92 Å². The lowest BCUT2D eigenvalue weighted by Crippen LogP contribution is -2.39. The van der Waals surface area contributed by atoms with E-state index >= 15 is 0 Å². The molecule has 3 unspecified atom stereocenters. The molecule has 0 aliphatic carbocycles. The van der Waals surface area contributed by atoms with Crippen LogP contribution in [-0.2, 0) is 4.74 Å². The number of nitrogens with zero attached hydrogens (tertiary/aromatic N) is 1. The van der Waals surface area contributed by atoms with E-state index in [0.717, 1.165) is 31.2 Å². The molecule has 0 N–H and O–H groups in total. The molecule has 0 saturated carbocycles. The Kier molecular flexibility index (Phi) is 2.89. The van der Waals surface area contributed by atoms with E-state index in [9.17, 15) is 0 Å². The molecule has 2 aliphatic heterocycles. The Morgan fingerprint density at radius 1 is 1.38 bits per heavy atom. The fourth-order valence-electron chi connectivity index (χ4n) is 2.87. The summed E-state index contributed by atoms with van der Waals surface area (Å²) >= 11 is 0. The molecule has 2 rings (SSSR count). The molecule has 0 spiro atoms. The van der Waals surface area contributed by atoms with Crippen LogP contribution in [-0.4, -0.2) is 36.7 Å². The Labute approximate surface area is 81.3 Å².